The van der Waals surface area contributed by atoms with Crippen LogP contribution in [0.15, 0.2) is 48.5 Å². The number of para-hydroxylation sites is 1. The molecule has 1 amide bonds. The molecule has 24 heavy (non-hydrogen) atoms. The number of thioether (sulfide) groups is 2. The van der Waals surface area contributed by atoms with Gasteiger partial charge in [0.2, 0.25) is 0 Å². The molecule has 5 heteroatoms. The number of hydrogen-bond acceptors (Lipinski definition) is 4. The van der Waals surface area contributed by atoms with Crippen LogP contribution >= 0.6 is 23.5 Å². The number of rotatable bonds is 3. The number of amides is 1. The van der Waals surface area contributed by atoms with E-state index in [-0.39, 0.29) is 11.9 Å². The Labute approximate surface area is 150 Å². The zero-order valence-electron chi connectivity index (χ0n) is 13.2. The van der Waals surface area contributed by atoms with Crippen LogP contribution in [0.1, 0.15) is 38.5 Å². The summed E-state index contributed by atoms with van der Waals surface area (Å²) in [4.78, 5) is 12.6. The zero-order valence-corrected chi connectivity index (χ0v) is 14.9. The number of ether oxygens (including phenoxy) is 1. The molecule has 124 valence electrons. The number of fused-ring (bicyclic) bond motifs is 1. The quantitative estimate of drug-likeness (QED) is 0.882. The smallest absolute Gasteiger partial charge is 0.251 e. The molecule has 0 aliphatic carbocycles. The van der Waals surface area contributed by atoms with Crippen molar-refractivity contribution in [2.45, 2.75) is 17.0 Å². The fourth-order valence-corrected chi connectivity index (χ4v) is 5.94. The molecule has 1 saturated heterocycles. The van der Waals surface area contributed by atoms with E-state index >= 15 is 0 Å². The van der Waals surface area contributed by atoms with Gasteiger partial charge in [-0.2, -0.15) is 0 Å². The van der Waals surface area contributed by atoms with Crippen LogP contribution in [0.4, 0.5) is 0 Å². The lowest BCUT2D eigenvalue weighted by Crippen LogP contribution is -2.32. The lowest BCUT2D eigenvalue weighted by molar-refractivity contribution is 0.0925. The Morgan fingerprint density at radius 2 is 1.79 bits per heavy atom. The van der Waals surface area contributed by atoms with E-state index < -0.39 is 0 Å². The molecule has 2 aliphatic rings. The van der Waals surface area contributed by atoms with Gasteiger partial charge in [-0.15, -0.1) is 23.5 Å². The molecule has 0 saturated carbocycles. The third-order valence-corrected chi connectivity index (χ3v) is 7.44. The molecule has 0 unspecified atom stereocenters. The van der Waals surface area contributed by atoms with Gasteiger partial charge in [0.15, 0.2) is 0 Å². The second-order valence-corrected chi connectivity index (χ2v) is 8.62. The molecule has 1 N–H and O–H groups in total. The van der Waals surface area contributed by atoms with Gasteiger partial charge in [-0.05, 0) is 23.8 Å². The van der Waals surface area contributed by atoms with Crippen molar-refractivity contribution in [1.29, 1.82) is 0 Å². The van der Waals surface area contributed by atoms with Crippen LogP contribution in [0.5, 0.6) is 5.75 Å². The highest BCUT2D eigenvalue weighted by atomic mass is 32.2. The van der Waals surface area contributed by atoms with Crippen LogP contribution in [-0.2, 0) is 0 Å². The minimum absolute atomic E-state index is 0.0167. The Morgan fingerprint density at radius 1 is 1.04 bits per heavy atom. The number of carbonyl (C=O) groups excluding carboxylic acids is 1. The normalized spacial score (nSPS) is 20.2. The summed E-state index contributed by atoms with van der Waals surface area (Å²) < 4.78 is 6.18. The monoisotopic (exact) mass is 357 g/mol. The molecule has 0 spiro atoms. The van der Waals surface area contributed by atoms with Crippen LogP contribution in [0.25, 0.3) is 0 Å². The minimum atomic E-state index is -0.0185. The molecular weight excluding hydrogens is 338 g/mol. The van der Waals surface area contributed by atoms with Crippen LogP contribution in [0.3, 0.4) is 0 Å². The Kier molecular flexibility index (Phi) is 4.72. The van der Waals surface area contributed by atoms with E-state index in [0.29, 0.717) is 11.2 Å². The predicted molar refractivity (Wildman–Crippen MR) is 101 cm³/mol. The van der Waals surface area contributed by atoms with Crippen molar-refractivity contribution >= 4 is 29.4 Å². The third-order valence-electron chi connectivity index (χ3n) is 4.33. The molecule has 2 aromatic rings. The largest absolute Gasteiger partial charge is 0.493 e. The van der Waals surface area contributed by atoms with Crippen LogP contribution < -0.4 is 10.1 Å². The van der Waals surface area contributed by atoms with Crippen molar-refractivity contribution in [1.82, 2.24) is 5.32 Å². The van der Waals surface area contributed by atoms with Gasteiger partial charge in [-0.1, -0.05) is 30.3 Å². The Balaban J connectivity index is 1.47. The average Bonchev–Trinajstić information content (AvgIpc) is 3.17. The van der Waals surface area contributed by atoms with Crippen molar-refractivity contribution in [3.63, 3.8) is 0 Å². The lowest BCUT2D eigenvalue weighted by Gasteiger charge is -2.26. The molecule has 0 radical (unpaired) electrons. The van der Waals surface area contributed by atoms with Gasteiger partial charge in [0.25, 0.3) is 5.91 Å². The van der Waals surface area contributed by atoms with Gasteiger partial charge >= 0.3 is 0 Å². The first-order valence-electron chi connectivity index (χ1n) is 8.17. The number of benzene rings is 2. The highest BCUT2D eigenvalue weighted by molar-refractivity contribution is 8.19. The van der Waals surface area contributed by atoms with Crippen molar-refractivity contribution in [3.8, 4) is 5.75 Å². The summed E-state index contributed by atoms with van der Waals surface area (Å²) in [5.41, 5.74) is 3.08. The van der Waals surface area contributed by atoms with Crippen molar-refractivity contribution in [2.75, 3.05) is 18.1 Å². The van der Waals surface area contributed by atoms with Crippen LogP contribution in [0.2, 0.25) is 0 Å². The molecule has 2 aromatic carbocycles. The van der Waals surface area contributed by atoms with E-state index in [1.165, 1.54) is 17.1 Å². The maximum atomic E-state index is 12.6. The van der Waals surface area contributed by atoms with Gasteiger partial charge in [0.05, 0.1) is 17.2 Å². The number of nitrogens with one attached hydrogen (secondary N) is 1. The summed E-state index contributed by atoms with van der Waals surface area (Å²) in [6.45, 7) is 0.636. The molecule has 1 atom stereocenters. The SMILES string of the molecule is O=C(N[C@@H]1CCOc2ccccc21)c1ccc(C2SCCS2)cc1. The van der Waals surface area contributed by atoms with Gasteiger partial charge < -0.3 is 10.1 Å². The Hall–Kier alpha value is -1.59. The molecule has 3 nitrogen and oxygen atoms in total. The molecule has 0 bridgehead atoms. The minimum Gasteiger partial charge on any atom is -0.493 e. The van der Waals surface area contributed by atoms with E-state index in [0.717, 1.165) is 23.3 Å². The van der Waals surface area contributed by atoms with Gasteiger partial charge in [0.1, 0.15) is 5.75 Å². The van der Waals surface area contributed by atoms with E-state index in [9.17, 15) is 4.79 Å². The fraction of sp³-hybridized carbons (Fsp3) is 0.316. The van der Waals surface area contributed by atoms with Gasteiger partial charge in [0, 0.05) is 29.1 Å². The van der Waals surface area contributed by atoms with Crippen molar-refractivity contribution < 1.29 is 9.53 Å². The summed E-state index contributed by atoms with van der Waals surface area (Å²) in [6.07, 6.45) is 0.802. The molecule has 0 aromatic heterocycles. The average molecular weight is 358 g/mol. The highest BCUT2D eigenvalue weighted by Gasteiger charge is 2.23. The summed E-state index contributed by atoms with van der Waals surface area (Å²) in [5.74, 6) is 3.27. The van der Waals surface area contributed by atoms with Crippen molar-refractivity contribution in [2.24, 2.45) is 0 Å². The first-order valence-corrected chi connectivity index (χ1v) is 10.3. The van der Waals surface area contributed by atoms with Crippen LogP contribution in [-0.4, -0.2) is 24.0 Å². The zero-order chi connectivity index (χ0) is 16.4. The first kappa shape index (κ1) is 15.9. The van der Waals surface area contributed by atoms with Gasteiger partial charge in [-0.3, -0.25) is 4.79 Å². The van der Waals surface area contributed by atoms with Crippen LogP contribution in [0, 0.1) is 0 Å². The topological polar surface area (TPSA) is 38.3 Å². The fourth-order valence-electron chi connectivity index (χ4n) is 3.08. The predicted octanol–water partition coefficient (Wildman–Crippen LogP) is 4.42. The number of hydrogen-bond donors (Lipinski definition) is 1. The maximum Gasteiger partial charge on any atom is 0.251 e. The second-order valence-electron chi connectivity index (χ2n) is 5.90. The van der Waals surface area contributed by atoms with E-state index in [1.54, 1.807) is 0 Å². The molecule has 2 heterocycles. The molecule has 1 fully saturated rings. The van der Waals surface area contributed by atoms with Gasteiger partial charge in [-0.25, -0.2) is 0 Å². The van der Waals surface area contributed by atoms with E-state index in [4.69, 9.17) is 4.74 Å². The Bertz CT molecular complexity index is 726. The number of carbonyl (C=O) groups is 1. The summed E-state index contributed by atoms with van der Waals surface area (Å²) in [5, 5.41) is 3.15. The highest BCUT2D eigenvalue weighted by Crippen LogP contribution is 2.45. The standard InChI is InChI=1S/C19H19NO2S2/c21-18(13-5-7-14(8-6-13)19-23-11-12-24-19)20-16-9-10-22-17-4-2-1-3-15(16)17/h1-8,16,19H,9-12H2,(H,20,21)/t16-/m1/s1. The summed E-state index contributed by atoms with van der Waals surface area (Å²) in [6, 6.07) is 16.0. The lowest BCUT2D eigenvalue weighted by atomic mass is 10.00. The van der Waals surface area contributed by atoms with Crippen molar-refractivity contribution in [3.05, 3.63) is 65.2 Å². The summed E-state index contributed by atoms with van der Waals surface area (Å²) >= 11 is 3.96. The first-order chi connectivity index (χ1) is 11.8. The third kappa shape index (κ3) is 3.28. The summed E-state index contributed by atoms with van der Waals surface area (Å²) in [7, 11) is 0. The van der Waals surface area contributed by atoms with E-state index in [1.807, 2.05) is 59.9 Å². The second kappa shape index (κ2) is 7.11. The molecule has 2 aliphatic heterocycles. The van der Waals surface area contributed by atoms with E-state index in [2.05, 4.69) is 17.4 Å². The Morgan fingerprint density at radius 3 is 2.58 bits per heavy atom. The molecule has 4 rings (SSSR count). The molecular formula is C19H19NO2S2. The maximum absolute atomic E-state index is 12.6.